The van der Waals surface area contributed by atoms with Gasteiger partial charge in [0.25, 0.3) is 0 Å². The molecule has 1 aliphatic rings. The number of benzene rings is 2. The number of hydrogen-bond acceptors (Lipinski definition) is 4. The van der Waals surface area contributed by atoms with Crippen molar-refractivity contribution in [3.63, 3.8) is 0 Å². The van der Waals surface area contributed by atoms with Crippen molar-refractivity contribution in [2.24, 2.45) is 7.05 Å². The van der Waals surface area contributed by atoms with Crippen LogP contribution in [0.5, 0.6) is 0 Å². The first-order valence-electron chi connectivity index (χ1n) is 10.3. The lowest BCUT2D eigenvalue weighted by Gasteiger charge is -2.40. The number of imidazole rings is 1. The van der Waals surface area contributed by atoms with Crippen LogP contribution < -0.4 is 10.6 Å². The second-order valence-corrected chi connectivity index (χ2v) is 7.87. The lowest BCUT2D eigenvalue weighted by atomic mass is 9.89. The zero-order valence-electron chi connectivity index (χ0n) is 16.7. The molecule has 5 heteroatoms. The Kier molecular flexibility index (Phi) is 4.70. The van der Waals surface area contributed by atoms with Crippen LogP contribution in [-0.2, 0) is 19.3 Å². The third-order valence-electron chi connectivity index (χ3n) is 5.99. The van der Waals surface area contributed by atoms with E-state index in [9.17, 15) is 0 Å². The maximum atomic E-state index is 5.85. The number of nitrogens with zero attached hydrogens (tertiary/aromatic N) is 2. The fraction of sp³-hybridized carbons (Fsp3) is 0.292. The van der Waals surface area contributed by atoms with E-state index in [0.29, 0.717) is 0 Å². The van der Waals surface area contributed by atoms with Crippen LogP contribution in [-0.4, -0.2) is 16.1 Å². The third kappa shape index (κ3) is 3.37. The van der Waals surface area contributed by atoms with Crippen molar-refractivity contribution in [2.75, 3.05) is 6.54 Å². The molecule has 0 spiro atoms. The molecule has 1 atom stereocenters. The Morgan fingerprint density at radius 2 is 2.07 bits per heavy atom. The molecule has 0 radical (unpaired) electrons. The molecule has 0 saturated carbocycles. The summed E-state index contributed by atoms with van der Waals surface area (Å²) < 4.78 is 7.90. The molecular weight excluding hydrogens is 360 g/mol. The van der Waals surface area contributed by atoms with Crippen LogP contribution in [0.1, 0.15) is 30.4 Å². The van der Waals surface area contributed by atoms with Gasteiger partial charge in [0.1, 0.15) is 5.58 Å². The van der Waals surface area contributed by atoms with Gasteiger partial charge in [-0.05, 0) is 49.6 Å². The van der Waals surface area contributed by atoms with Crippen molar-refractivity contribution in [3.8, 4) is 11.3 Å². The van der Waals surface area contributed by atoms with E-state index < -0.39 is 0 Å². The van der Waals surface area contributed by atoms with Gasteiger partial charge in [-0.1, -0.05) is 30.3 Å². The maximum absolute atomic E-state index is 5.85. The number of aromatic nitrogens is 2. The molecule has 4 aromatic rings. The second-order valence-electron chi connectivity index (χ2n) is 7.87. The highest BCUT2D eigenvalue weighted by Crippen LogP contribution is 2.31. The number of furan rings is 1. The average molecular weight is 386 g/mol. The summed E-state index contributed by atoms with van der Waals surface area (Å²) in [6.45, 7) is 1.74. The maximum Gasteiger partial charge on any atom is 0.138 e. The highest BCUT2D eigenvalue weighted by molar-refractivity contribution is 5.85. The predicted molar refractivity (Wildman–Crippen MR) is 115 cm³/mol. The zero-order chi connectivity index (χ0) is 19.7. The van der Waals surface area contributed by atoms with Gasteiger partial charge in [-0.25, -0.2) is 4.98 Å². The average Bonchev–Trinajstić information content (AvgIpc) is 3.42. The van der Waals surface area contributed by atoms with Gasteiger partial charge in [0.2, 0.25) is 0 Å². The fourth-order valence-corrected chi connectivity index (χ4v) is 4.44. The quantitative estimate of drug-likeness (QED) is 0.528. The number of rotatable bonds is 5. The lowest BCUT2D eigenvalue weighted by Crippen LogP contribution is -2.56. The Labute approximate surface area is 170 Å². The minimum atomic E-state index is -0.207. The van der Waals surface area contributed by atoms with Gasteiger partial charge >= 0.3 is 0 Å². The molecule has 2 aromatic carbocycles. The van der Waals surface area contributed by atoms with Gasteiger partial charge in [-0.15, -0.1) is 0 Å². The SMILES string of the molecule is Cn1cncc1-c1cc(CN[C@]2(c3ccccc3)CCCCN2)c2occc2c1. The van der Waals surface area contributed by atoms with E-state index in [1.807, 2.05) is 30.2 Å². The minimum absolute atomic E-state index is 0.207. The van der Waals surface area contributed by atoms with Crippen LogP contribution in [0, 0.1) is 0 Å². The van der Waals surface area contributed by atoms with Crippen LogP contribution in [0.25, 0.3) is 22.2 Å². The molecule has 0 aliphatic carbocycles. The first-order chi connectivity index (χ1) is 14.3. The first-order valence-corrected chi connectivity index (χ1v) is 10.3. The molecule has 0 bridgehead atoms. The molecule has 1 saturated heterocycles. The normalized spacial score (nSPS) is 19.6. The van der Waals surface area contributed by atoms with E-state index in [2.05, 4.69) is 58.1 Å². The summed E-state index contributed by atoms with van der Waals surface area (Å²) >= 11 is 0. The molecule has 2 N–H and O–H groups in total. The topological polar surface area (TPSA) is 55.0 Å². The summed E-state index contributed by atoms with van der Waals surface area (Å²) in [5, 5.41) is 8.72. The summed E-state index contributed by atoms with van der Waals surface area (Å²) in [4.78, 5) is 4.28. The third-order valence-corrected chi connectivity index (χ3v) is 5.99. The minimum Gasteiger partial charge on any atom is -0.464 e. The van der Waals surface area contributed by atoms with Crippen LogP contribution in [0.2, 0.25) is 0 Å². The van der Waals surface area contributed by atoms with Crippen molar-refractivity contribution in [3.05, 3.63) is 78.4 Å². The van der Waals surface area contributed by atoms with Gasteiger partial charge in [0.05, 0.1) is 30.1 Å². The van der Waals surface area contributed by atoms with E-state index in [1.165, 1.54) is 18.4 Å². The van der Waals surface area contributed by atoms with Crippen molar-refractivity contribution < 1.29 is 4.42 Å². The molecule has 5 nitrogen and oxygen atoms in total. The molecule has 148 valence electrons. The van der Waals surface area contributed by atoms with Crippen LogP contribution in [0.15, 0.2) is 71.7 Å². The van der Waals surface area contributed by atoms with E-state index in [0.717, 1.165) is 47.3 Å². The van der Waals surface area contributed by atoms with Crippen LogP contribution in [0.4, 0.5) is 0 Å². The number of aryl methyl sites for hydroxylation is 1. The van der Waals surface area contributed by atoms with E-state index in [-0.39, 0.29) is 5.66 Å². The Hall–Kier alpha value is -2.89. The molecule has 0 amide bonds. The highest BCUT2D eigenvalue weighted by Gasteiger charge is 2.33. The second kappa shape index (κ2) is 7.50. The van der Waals surface area contributed by atoms with Gasteiger partial charge < -0.3 is 8.98 Å². The predicted octanol–water partition coefficient (Wildman–Crippen LogP) is 4.55. The van der Waals surface area contributed by atoms with E-state index in [4.69, 9.17) is 4.42 Å². The number of hydrogen-bond donors (Lipinski definition) is 2. The molecular formula is C24H26N4O. The smallest absolute Gasteiger partial charge is 0.138 e. The molecule has 5 rings (SSSR count). The summed E-state index contributed by atoms with van der Waals surface area (Å²) in [5.41, 5.74) is 5.44. The lowest BCUT2D eigenvalue weighted by molar-refractivity contribution is 0.199. The molecule has 2 aromatic heterocycles. The Bertz CT molecular complexity index is 1110. The van der Waals surface area contributed by atoms with Crippen LogP contribution >= 0.6 is 0 Å². The van der Waals surface area contributed by atoms with Gasteiger partial charge in [0, 0.05) is 30.1 Å². The number of nitrogens with one attached hydrogen (secondary N) is 2. The Balaban J connectivity index is 1.51. The highest BCUT2D eigenvalue weighted by atomic mass is 16.3. The zero-order valence-corrected chi connectivity index (χ0v) is 16.7. The molecule has 0 unspecified atom stereocenters. The van der Waals surface area contributed by atoms with Crippen LogP contribution in [0.3, 0.4) is 0 Å². The van der Waals surface area contributed by atoms with E-state index >= 15 is 0 Å². The van der Waals surface area contributed by atoms with Crippen molar-refractivity contribution in [2.45, 2.75) is 31.5 Å². The van der Waals surface area contributed by atoms with E-state index in [1.54, 1.807) is 6.26 Å². The largest absolute Gasteiger partial charge is 0.464 e. The standard InChI is InChI=1S/C24H26N4O/c1-28-17-25-16-22(28)19-13-18-9-12-29-23(18)20(14-19)15-27-24(10-5-6-11-26-24)21-7-3-2-4-8-21/h2-4,7-9,12-14,16-17,26-27H,5-6,10-11,15H2,1H3/t24-/m0/s1. The summed E-state index contributed by atoms with van der Waals surface area (Å²) in [6.07, 6.45) is 9.01. The fourth-order valence-electron chi connectivity index (χ4n) is 4.44. The van der Waals surface area contributed by atoms with Gasteiger partial charge in [-0.2, -0.15) is 0 Å². The molecule has 1 fully saturated rings. The Morgan fingerprint density at radius 3 is 2.83 bits per heavy atom. The van der Waals surface area contributed by atoms with Gasteiger partial charge in [-0.3, -0.25) is 10.6 Å². The molecule has 29 heavy (non-hydrogen) atoms. The molecule has 3 heterocycles. The first kappa shape index (κ1) is 18.2. The van der Waals surface area contributed by atoms with Gasteiger partial charge in [0.15, 0.2) is 0 Å². The summed E-state index contributed by atoms with van der Waals surface area (Å²) in [7, 11) is 2.02. The van der Waals surface area contributed by atoms with Crippen molar-refractivity contribution in [1.29, 1.82) is 0 Å². The monoisotopic (exact) mass is 386 g/mol. The molecule has 1 aliphatic heterocycles. The summed E-state index contributed by atoms with van der Waals surface area (Å²) in [6, 6.07) is 17.1. The van der Waals surface area contributed by atoms with Crippen molar-refractivity contribution in [1.82, 2.24) is 20.2 Å². The Morgan fingerprint density at radius 1 is 1.17 bits per heavy atom. The summed E-state index contributed by atoms with van der Waals surface area (Å²) in [5.74, 6) is 0. The number of fused-ring (bicyclic) bond motifs is 1. The van der Waals surface area contributed by atoms with Crippen molar-refractivity contribution >= 4 is 11.0 Å². The number of piperidine rings is 1.